The number of nitrogens with two attached hydrogens (primary N) is 1. The molecule has 3 heteroatoms. The highest BCUT2D eigenvalue weighted by molar-refractivity contribution is 5.48. The predicted octanol–water partition coefficient (Wildman–Crippen LogP) is 2.00. The lowest BCUT2D eigenvalue weighted by Gasteiger charge is -2.14. The summed E-state index contributed by atoms with van der Waals surface area (Å²) in [5.74, 6) is 0. The molecule has 1 aromatic carbocycles. The Balaban J connectivity index is 2.52. The molecule has 1 rings (SSSR count). The molecule has 0 saturated heterocycles. The van der Waals surface area contributed by atoms with Crippen molar-refractivity contribution in [2.24, 2.45) is 0 Å². The second-order valence-electron chi connectivity index (χ2n) is 4.53. The summed E-state index contributed by atoms with van der Waals surface area (Å²) in [5.41, 5.74) is 8.50. The lowest BCUT2D eigenvalue weighted by atomic mass is 10.0. The van der Waals surface area contributed by atoms with Gasteiger partial charge in [0.25, 0.3) is 0 Å². The molecular weight excluding hydrogens is 200 g/mol. The number of rotatable bonds is 5. The third kappa shape index (κ3) is 3.83. The van der Waals surface area contributed by atoms with Gasteiger partial charge in [-0.2, -0.15) is 0 Å². The number of aliphatic hydroxyl groups is 1. The van der Waals surface area contributed by atoms with E-state index in [9.17, 15) is 5.11 Å². The molecule has 0 saturated carbocycles. The predicted molar refractivity (Wildman–Crippen MR) is 68.3 cm³/mol. The number of hydrogen-bond acceptors (Lipinski definition) is 3. The summed E-state index contributed by atoms with van der Waals surface area (Å²) in [5, 5.41) is 13.2. The molecule has 0 aliphatic heterocycles. The SMILES string of the molecule is Cc1ccc(C(O)CCNC(C)C)cc1N. The molecule has 1 unspecified atom stereocenters. The van der Waals surface area contributed by atoms with Gasteiger partial charge in [0.2, 0.25) is 0 Å². The van der Waals surface area contributed by atoms with Crippen LogP contribution in [-0.2, 0) is 0 Å². The Hall–Kier alpha value is -1.06. The summed E-state index contributed by atoms with van der Waals surface area (Å²) >= 11 is 0. The van der Waals surface area contributed by atoms with E-state index in [0.717, 1.165) is 23.4 Å². The number of anilines is 1. The van der Waals surface area contributed by atoms with E-state index in [1.807, 2.05) is 25.1 Å². The minimum atomic E-state index is -0.436. The quantitative estimate of drug-likeness (QED) is 0.668. The maximum absolute atomic E-state index is 9.95. The van der Waals surface area contributed by atoms with Gasteiger partial charge in [-0.15, -0.1) is 0 Å². The molecule has 0 radical (unpaired) electrons. The first-order valence-electron chi connectivity index (χ1n) is 5.78. The molecule has 1 atom stereocenters. The van der Waals surface area contributed by atoms with Crippen LogP contribution in [-0.4, -0.2) is 17.7 Å². The van der Waals surface area contributed by atoms with Gasteiger partial charge in [0.1, 0.15) is 0 Å². The molecule has 0 aliphatic rings. The molecule has 90 valence electrons. The van der Waals surface area contributed by atoms with E-state index in [1.165, 1.54) is 0 Å². The Labute approximate surface area is 97.7 Å². The standard InChI is InChI=1S/C13H22N2O/c1-9(2)15-7-6-13(16)11-5-4-10(3)12(14)8-11/h4-5,8-9,13,15-16H,6-7,14H2,1-3H3. The molecule has 0 fully saturated rings. The Kier molecular flexibility index (Phi) is 4.77. The van der Waals surface area contributed by atoms with Gasteiger partial charge in [-0.25, -0.2) is 0 Å². The smallest absolute Gasteiger partial charge is 0.0802 e. The third-order valence-electron chi connectivity index (χ3n) is 2.66. The summed E-state index contributed by atoms with van der Waals surface area (Å²) in [4.78, 5) is 0. The van der Waals surface area contributed by atoms with Crippen LogP contribution in [0, 0.1) is 6.92 Å². The number of benzene rings is 1. The second kappa shape index (κ2) is 5.87. The van der Waals surface area contributed by atoms with Gasteiger partial charge in [0.15, 0.2) is 0 Å². The summed E-state index contributed by atoms with van der Waals surface area (Å²) in [7, 11) is 0. The summed E-state index contributed by atoms with van der Waals surface area (Å²) in [6, 6.07) is 6.19. The van der Waals surface area contributed by atoms with Crippen molar-refractivity contribution in [2.45, 2.75) is 39.3 Å². The minimum Gasteiger partial charge on any atom is -0.399 e. The topological polar surface area (TPSA) is 58.3 Å². The summed E-state index contributed by atoms with van der Waals surface area (Å²) in [6.45, 7) is 6.96. The molecule has 3 nitrogen and oxygen atoms in total. The lowest BCUT2D eigenvalue weighted by Crippen LogP contribution is -2.24. The van der Waals surface area contributed by atoms with E-state index in [-0.39, 0.29) is 0 Å². The van der Waals surface area contributed by atoms with Crippen molar-refractivity contribution in [3.05, 3.63) is 29.3 Å². The average molecular weight is 222 g/mol. The van der Waals surface area contributed by atoms with Crippen LogP contribution in [0.4, 0.5) is 5.69 Å². The summed E-state index contributed by atoms with van der Waals surface area (Å²) < 4.78 is 0. The zero-order chi connectivity index (χ0) is 12.1. The van der Waals surface area contributed by atoms with Gasteiger partial charge in [0.05, 0.1) is 6.10 Å². The maximum atomic E-state index is 9.95. The van der Waals surface area contributed by atoms with Crippen molar-refractivity contribution in [1.29, 1.82) is 0 Å². The van der Waals surface area contributed by atoms with Crippen LogP contribution in [0.1, 0.15) is 37.5 Å². The van der Waals surface area contributed by atoms with E-state index in [0.29, 0.717) is 12.5 Å². The van der Waals surface area contributed by atoms with E-state index in [2.05, 4.69) is 19.2 Å². The molecule has 0 spiro atoms. The first kappa shape index (κ1) is 13.0. The highest BCUT2D eigenvalue weighted by Gasteiger charge is 2.08. The fraction of sp³-hybridized carbons (Fsp3) is 0.538. The van der Waals surface area contributed by atoms with Crippen LogP contribution in [0.15, 0.2) is 18.2 Å². The Morgan fingerprint density at radius 1 is 1.38 bits per heavy atom. The van der Waals surface area contributed by atoms with E-state index in [4.69, 9.17) is 5.73 Å². The summed E-state index contributed by atoms with van der Waals surface area (Å²) in [6.07, 6.45) is 0.273. The maximum Gasteiger partial charge on any atom is 0.0802 e. The molecule has 0 bridgehead atoms. The molecule has 0 aliphatic carbocycles. The molecule has 4 N–H and O–H groups in total. The average Bonchev–Trinajstić information content (AvgIpc) is 2.21. The zero-order valence-electron chi connectivity index (χ0n) is 10.3. The van der Waals surface area contributed by atoms with Crippen molar-refractivity contribution in [1.82, 2.24) is 5.32 Å². The van der Waals surface area contributed by atoms with Crippen molar-refractivity contribution in [3.8, 4) is 0 Å². The monoisotopic (exact) mass is 222 g/mol. The van der Waals surface area contributed by atoms with Crippen LogP contribution in [0.25, 0.3) is 0 Å². The lowest BCUT2D eigenvalue weighted by molar-refractivity contribution is 0.166. The van der Waals surface area contributed by atoms with Gasteiger partial charge < -0.3 is 16.2 Å². The molecule has 16 heavy (non-hydrogen) atoms. The van der Waals surface area contributed by atoms with Crippen molar-refractivity contribution in [3.63, 3.8) is 0 Å². The van der Waals surface area contributed by atoms with Gasteiger partial charge in [-0.3, -0.25) is 0 Å². The van der Waals surface area contributed by atoms with E-state index >= 15 is 0 Å². The van der Waals surface area contributed by atoms with E-state index < -0.39 is 6.10 Å². The fourth-order valence-electron chi connectivity index (χ4n) is 1.54. The fourth-order valence-corrected chi connectivity index (χ4v) is 1.54. The van der Waals surface area contributed by atoms with E-state index in [1.54, 1.807) is 0 Å². The van der Waals surface area contributed by atoms with Crippen molar-refractivity contribution < 1.29 is 5.11 Å². The first-order valence-corrected chi connectivity index (χ1v) is 5.78. The Morgan fingerprint density at radius 2 is 2.06 bits per heavy atom. The van der Waals surface area contributed by atoms with Gasteiger partial charge in [-0.1, -0.05) is 26.0 Å². The Bertz CT molecular complexity index is 337. The molecule has 1 aromatic rings. The first-order chi connectivity index (χ1) is 7.50. The van der Waals surface area contributed by atoms with Crippen LogP contribution in [0.2, 0.25) is 0 Å². The van der Waals surface area contributed by atoms with Gasteiger partial charge in [0, 0.05) is 11.7 Å². The number of aryl methyl sites for hydroxylation is 1. The van der Waals surface area contributed by atoms with Crippen LogP contribution in [0.3, 0.4) is 0 Å². The minimum absolute atomic E-state index is 0.436. The normalized spacial score (nSPS) is 13.1. The van der Waals surface area contributed by atoms with Gasteiger partial charge >= 0.3 is 0 Å². The van der Waals surface area contributed by atoms with Crippen molar-refractivity contribution >= 4 is 5.69 Å². The van der Waals surface area contributed by atoms with Crippen LogP contribution < -0.4 is 11.1 Å². The number of hydrogen-bond donors (Lipinski definition) is 3. The number of nitrogens with one attached hydrogen (secondary N) is 1. The van der Waals surface area contributed by atoms with Crippen LogP contribution in [0.5, 0.6) is 0 Å². The molecule has 0 aromatic heterocycles. The van der Waals surface area contributed by atoms with Crippen molar-refractivity contribution in [2.75, 3.05) is 12.3 Å². The molecular formula is C13H22N2O. The van der Waals surface area contributed by atoms with Crippen LogP contribution >= 0.6 is 0 Å². The zero-order valence-corrected chi connectivity index (χ0v) is 10.3. The molecule has 0 heterocycles. The number of nitrogen functional groups attached to an aromatic ring is 1. The largest absolute Gasteiger partial charge is 0.399 e. The number of aliphatic hydroxyl groups excluding tert-OH is 1. The van der Waals surface area contributed by atoms with Gasteiger partial charge in [-0.05, 0) is 37.1 Å². The highest BCUT2D eigenvalue weighted by Crippen LogP contribution is 2.20. The second-order valence-corrected chi connectivity index (χ2v) is 4.53. The Morgan fingerprint density at radius 3 is 2.62 bits per heavy atom. The highest BCUT2D eigenvalue weighted by atomic mass is 16.3. The third-order valence-corrected chi connectivity index (χ3v) is 2.66. The molecule has 0 amide bonds.